The van der Waals surface area contributed by atoms with Crippen LogP contribution in [-0.2, 0) is 0 Å². The third-order valence-corrected chi connectivity index (χ3v) is 2.09. The summed E-state index contributed by atoms with van der Waals surface area (Å²) in [6, 6.07) is 4.96. The first-order chi connectivity index (χ1) is 5.66. The summed E-state index contributed by atoms with van der Waals surface area (Å²) in [4.78, 5) is 3.03. The van der Waals surface area contributed by atoms with E-state index in [0.717, 1.165) is 16.6 Å². The molecule has 12 heavy (non-hydrogen) atoms. The molecule has 0 unspecified atom stereocenters. The lowest BCUT2D eigenvalue weighted by Gasteiger charge is -1.93. The number of nitrogens with one attached hydrogen (secondary N) is 1. The van der Waals surface area contributed by atoms with Gasteiger partial charge in [-0.3, -0.25) is 0 Å². The van der Waals surface area contributed by atoms with E-state index in [1.165, 1.54) is 6.07 Å². The average Bonchev–Trinajstić information content (AvgIpc) is 2.30. The van der Waals surface area contributed by atoms with E-state index in [0.29, 0.717) is 0 Å². The van der Waals surface area contributed by atoms with Gasteiger partial charge in [0.25, 0.3) is 0 Å². The van der Waals surface area contributed by atoms with Gasteiger partial charge in [0, 0.05) is 16.6 Å². The Morgan fingerprint density at radius 1 is 1.33 bits per heavy atom. The highest BCUT2D eigenvalue weighted by molar-refractivity contribution is 6.31. The van der Waals surface area contributed by atoms with E-state index in [1.807, 2.05) is 13.0 Å². The number of hydrogen-bond acceptors (Lipinski definition) is 0. The summed E-state index contributed by atoms with van der Waals surface area (Å²) in [7, 11) is 0. The van der Waals surface area contributed by atoms with Gasteiger partial charge in [0.1, 0.15) is 5.82 Å². The van der Waals surface area contributed by atoms with Crippen molar-refractivity contribution < 1.29 is 4.39 Å². The van der Waals surface area contributed by atoms with Gasteiger partial charge in [0.05, 0.1) is 5.02 Å². The van der Waals surface area contributed by atoms with Crippen LogP contribution in [0.4, 0.5) is 4.39 Å². The molecule has 1 aromatic heterocycles. The number of rotatable bonds is 0. The molecule has 0 bridgehead atoms. The Bertz CT molecular complexity index is 394. The summed E-state index contributed by atoms with van der Waals surface area (Å²) in [5.74, 6) is -0.383. The zero-order valence-electron chi connectivity index (χ0n) is 6.49. The molecule has 1 heterocycles. The molecular formula is C9H7ClFN. The van der Waals surface area contributed by atoms with E-state index in [1.54, 1.807) is 6.07 Å². The molecule has 1 N–H and O–H groups in total. The van der Waals surface area contributed by atoms with Crippen LogP contribution >= 0.6 is 11.6 Å². The number of halogens is 2. The Hall–Kier alpha value is -1.02. The quantitative estimate of drug-likeness (QED) is 0.645. The Labute approximate surface area is 74.2 Å². The normalized spacial score (nSPS) is 10.9. The van der Waals surface area contributed by atoms with Crippen molar-refractivity contribution in [2.75, 3.05) is 0 Å². The van der Waals surface area contributed by atoms with Crippen molar-refractivity contribution in [3.05, 3.63) is 34.7 Å². The van der Waals surface area contributed by atoms with Gasteiger partial charge in [-0.2, -0.15) is 0 Å². The molecule has 0 saturated heterocycles. The summed E-state index contributed by atoms with van der Waals surface area (Å²) >= 11 is 5.61. The fourth-order valence-electron chi connectivity index (χ4n) is 1.27. The number of benzene rings is 1. The molecule has 2 aromatic rings. The molecule has 0 spiro atoms. The largest absolute Gasteiger partial charge is 0.359 e. The van der Waals surface area contributed by atoms with Crippen molar-refractivity contribution in [1.29, 1.82) is 0 Å². The summed E-state index contributed by atoms with van der Waals surface area (Å²) in [5, 5.41) is 1.11. The maximum atomic E-state index is 12.9. The van der Waals surface area contributed by atoms with Crippen LogP contribution in [0, 0.1) is 12.7 Å². The minimum atomic E-state index is -0.383. The topological polar surface area (TPSA) is 15.8 Å². The Morgan fingerprint density at radius 2 is 2.08 bits per heavy atom. The van der Waals surface area contributed by atoms with E-state index in [4.69, 9.17) is 11.6 Å². The number of hydrogen-bond donors (Lipinski definition) is 1. The lowest BCUT2D eigenvalue weighted by Crippen LogP contribution is -1.76. The zero-order chi connectivity index (χ0) is 8.72. The van der Waals surface area contributed by atoms with Crippen molar-refractivity contribution in [1.82, 2.24) is 4.98 Å². The molecule has 0 atom stereocenters. The zero-order valence-corrected chi connectivity index (χ0v) is 7.24. The molecule has 0 amide bonds. The Morgan fingerprint density at radius 3 is 2.83 bits per heavy atom. The number of fused-ring (bicyclic) bond motifs is 1. The van der Waals surface area contributed by atoms with Crippen LogP contribution in [0.2, 0.25) is 5.02 Å². The molecular weight excluding hydrogens is 177 g/mol. The second kappa shape index (κ2) is 2.49. The average molecular weight is 184 g/mol. The highest BCUT2D eigenvalue weighted by Crippen LogP contribution is 2.22. The van der Waals surface area contributed by atoms with Crippen molar-refractivity contribution in [2.24, 2.45) is 0 Å². The molecule has 0 fully saturated rings. The van der Waals surface area contributed by atoms with Crippen LogP contribution in [0.5, 0.6) is 0 Å². The fraction of sp³-hybridized carbons (Fsp3) is 0.111. The van der Waals surface area contributed by atoms with Gasteiger partial charge in [-0.25, -0.2) is 4.39 Å². The van der Waals surface area contributed by atoms with E-state index in [-0.39, 0.29) is 10.8 Å². The van der Waals surface area contributed by atoms with Crippen LogP contribution in [0.25, 0.3) is 10.9 Å². The van der Waals surface area contributed by atoms with Gasteiger partial charge >= 0.3 is 0 Å². The Balaban J connectivity index is 2.83. The molecule has 0 saturated carbocycles. The van der Waals surface area contributed by atoms with Gasteiger partial charge in [-0.1, -0.05) is 11.6 Å². The van der Waals surface area contributed by atoms with Gasteiger partial charge in [-0.15, -0.1) is 0 Å². The molecule has 2 rings (SSSR count). The van der Waals surface area contributed by atoms with Crippen LogP contribution < -0.4 is 0 Å². The second-order valence-corrected chi connectivity index (χ2v) is 3.21. The van der Waals surface area contributed by atoms with Crippen molar-refractivity contribution in [3.8, 4) is 0 Å². The van der Waals surface area contributed by atoms with Crippen molar-refractivity contribution >= 4 is 22.5 Å². The first-order valence-electron chi connectivity index (χ1n) is 3.61. The molecule has 62 valence electrons. The summed E-state index contributed by atoms with van der Waals surface area (Å²) in [5.41, 5.74) is 1.79. The maximum Gasteiger partial charge on any atom is 0.143 e. The Kier molecular flexibility index (Phi) is 1.58. The lowest BCUT2D eigenvalue weighted by atomic mass is 10.2. The van der Waals surface area contributed by atoms with E-state index in [9.17, 15) is 4.39 Å². The molecule has 0 aliphatic carbocycles. The third kappa shape index (κ3) is 1.08. The van der Waals surface area contributed by atoms with Gasteiger partial charge in [0.2, 0.25) is 0 Å². The van der Waals surface area contributed by atoms with Crippen molar-refractivity contribution in [2.45, 2.75) is 6.92 Å². The SMILES string of the molecule is Cc1cc2cc(Cl)c(F)cc2[nH]1. The standard InChI is InChI=1S/C9H7ClFN/c1-5-2-6-3-7(10)8(11)4-9(6)12-5/h2-4,12H,1H3. The smallest absolute Gasteiger partial charge is 0.143 e. The number of aryl methyl sites for hydroxylation is 1. The van der Waals surface area contributed by atoms with Gasteiger partial charge in [0.15, 0.2) is 0 Å². The predicted molar refractivity (Wildman–Crippen MR) is 48.0 cm³/mol. The van der Waals surface area contributed by atoms with Crippen LogP contribution in [0.15, 0.2) is 18.2 Å². The van der Waals surface area contributed by atoms with Gasteiger partial charge in [-0.05, 0) is 25.1 Å². The predicted octanol–water partition coefficient (Wildman–Crippen LogP) is 3.27. The van der Waals surface area contributed by atoms with E-state index >= 15 is 0 Å². The number of H-pyrrole nitrogens is 1. The summed E-state index contributed by atoms with van der Waals surface area (Å²) < 4.78 is 12.9. The van der Waals surface area contributed by atoms with Crippen LogP contribution in [0.1, 0.15) is 5.69 Å². The summed E-state index contributed by atoms with van der Waals surface area (Å²) in [6.07, 6.45) is 0. The molecule has 0 radical (unpaired) electrons. The maximum absolute atomic E-state index is 12.9. The monoisotopic (exact) mass is 183 g/mol. The molecule has 3 heteroatoms. The van der Waals surface area contributed by atoms with E-state index < -0.39 is 0 Å². The fourth-order valence-corrected chi connectivity index (χ4v) is 1.44. The second-order valence-electron chi connectivity index (χ2n) is 2.81. The third-order valence-electron chi connectivity index (χ3n) is 1.80. The van der Waals surface area contributed by atoms with Crippen LogP contribution in [-0.4, -0.2) is 4.98 Å². The highest BCUT2D eigenvalue weighted by atomic mass is 35.5. The lowest BCUT2D eigenvalue weighted by molar-refractivity contribution is 0.630. The first kappa shape index (κ1) is 7.62. The molecule has 0 aliphatic rings. The first-order valence-corrected chi connectivity index (χ1v) is 3.99. The van der Waals surface area contributed by atoms with Crippen molar-refractivity contribution in [3.63, 3.8) is 0 Å². The summed E-state index contributed by atoms with van der Waals surface area (Å²) in [6.45, 7) is 1.92. The molecule has 0 aliphatic heterocycles. The van der Waals surface area contributed by atoms with E-state index in [2.05, 4.69) is 4.98 Å². The van der Waals surface area contributed by atoms with Gasteiger partial charge < -0.3 is 4.98 Å². The molecule has 1 nitrogen and oxygen atoms in total. The minimum absolute atomic E-state index is 0.168. The molecule has 1 aromatic carbocycles. The highest BCUT2D eigenvalue weighted by Gasteiger charge is 2.03. The number of aromatic amines is 1. The number of aromatic nitrogens is 1. The minimum Gasteiger partial charge on any atom is -0.359 e. The van der Waals surface area contributed by atoms with Crippen LogP contribution in [0.3, 0.4) is 0 Å².